The highest BCUT2D eigenvalue weighted by Crippen LogP contribution is 2.40. The monoisotopic (exact) mass is 276 g/mol. The van der Waals surface area contributed by atoms with Crippen molar-refractivity contribution in [3.63, 3.8) is 0 Å². The zero-order valence-corrected chi connectivity index (χ0v) is 11.7. The van der Waals surface area contributed by atoms with Crippen molar-refractivity contribution in [2.24, 2.45) is 5.92 Å². The molecule has 100 valence electrons. The summed E-state index contributed by atoms with van der Waals surface area (Å²) >= 11 is 5.24. The van der Waals surface area contributed by atoms with E-state index in [0.29, 0.717) is 0 Å². The van der Waals surface area contributed by atoms with Gasteiger partial charge >= 0.3 is 5.43 Å². The highest BCUT2D eigenvalue weighted by atomic mass is 35.5. The second-order valence-corrected chi connectivity index (χ2v) is 4.26. The number of carbonyl (C=O) groups is 1. The van der Waals surface area contributed by atoms with E-state index >= 15 is 0 Å². The molecule has 0 radical (unpaired) electrons. The number of rotatable bonds is 6. The van der Waals surface area contributed by atoms with Crippen LogP contribution in [0.25, 0.3) is 0 Å². The number of allylic oxidation sites excluding steroid dienone is 7. The van der Waals surface area contributed by atoms with Crippen LogP contribution in [0.5, 0.6) is 0 Å². The molecule has 0 spiro atoms. The van der Waals surface area contributed by atoms with Gasteiger partial charge < -0.3 is 4.74 Å². The largest absolute Gasteiger partial charge is 0.453 e. The van der Waals surface area contributed by atoms with Gasteiger partial charge in [-0.05, 0) is 29.2 Å². The van der Waals surface area contributed by atoms with E-state index in [0.717, 1.165) is 22.3 Å². The Hall–Kier alpha value is -1.80. The van der Waals surface area contributed by atoms with Gasteiger partial charge in [-0.2, -0.15) is 0 Å². The summed E-state index contributed by atoms with van der Waals surface area (Å²) in [4.78, 5) is 10.8. The number of ether oxygens (including phenoxy) is 1. The molecule has 0 saturated carbocycles. The molecular weight excluding hydrogens is 260 g/mol. The molecule has 0 aromatic carbocycles. The van der Waals surface area contributed by atoms with E-state index in [2.05, 4.69) is 19.7 Å². The summed E-state index contributed by atoms with van der Waals surface area (Å²) in [5.41, 5.74) is 3.14. The highest BCUT2D eigenvalue weighted by Gasteiger charge is 2.29. The normalized spacial score (nSPS) is 18.9. The third kappa shape index (κ3) is 3.15. The molecule has 3 heteroatoms. The van der Waals surface area contributed by atoms with Crippen molar-refractivity contribution in [3.8, 4) is 0 Å². The maximum Gasteiger partial charge on any atom is 0.403 e. The number of carbonyl (C=O) groups excluding carboxylic acids is 1. The molecule has 0 N–H and O–H groups in total. The van der Waals surface area contributed by atoms with Crippen molar-refractivity contribution in [2.75, 3.05) is 6.61 Å². The number of halogens is 1. The standard InChI is InChI=1S/C16H17ClO2/c1-5-9-14-12(7-3)11(6-2)13(8-4)15(14)10-19-16(17)18/h5-9,15H,2-4,10H2,1H3/b9-5-. The lowest BCUT2D eigenvalue weighted by Crippen LogP contribution is -2.12. The van der Waals surface area contributed by atoms with Crippen molar-refractivity contribution in [3.05, 3.63) is 72.4 Å². The number of hydrogen-bond donors (Lipinski definition) is 0. The molecule has 0 bridgehead atoms. The van der Waals surface area contributed by atoms with E-state index in [1.807, 2.05) is 19.1 Å². The molecule has 0 heterocycles. The van der Waals surface area contributed by atoms with Gasteiger partial charge in [0.2, 0.25) is 0 Å². The fraction of sp³-hybridized carbons (Fsp3) is 0.188. The average molecular weight is 277 g/mol. The van der Waals surface area contributed by atoms with Gasteiger partial charge in [0.15, 0.2) is 0 Å². The molecule has 0 amide bonds. The Morgan fingerprint density at radius 2 is 1.79 bits per heavy atom. The summed E-state index contributed by atoms with van der Waals surface area (Å²) in [5, 5.41) is 0. The highest BCUT2D eigenvalue weighted by molar-refractivity contribution is 6.61. The second-order valence-electron chi connectivity index (χ2n) is 3.95. The van der Waals surface area contributed by atoms with Crippen LogP contribution in [-0.4, -0.2) is 12.0 Å². The van der Waals surface area contributed by atoms with Crippen LogP contribution < -0.4 is 0 Å². The van der Waals surface area contributed by atoms with Gasteiger partial charge in [-0.25, -0.2) is 4.79 Å². The van der Waals surface area contributed by atoms with Gasteiger partial charge in [-0.15, -0.1) is 0 Å². The topological polar surface area (TPSA) is 26.3 Å². The summed E-state index contributed by atoms with van der Waals surface area (Å²) in [5.74, 6) is -0.0857. The lowest BCUT2D eigenvalue weighted by Gasteiger charge is -2.14. The van der Waals surface area contributed by atoms with E-state index in [9.17, 15) is 4.79 Å². The minimum atomic E-state index is -0.810. The summed E-state index contributed by atoms with van der Waals surface area (Å²) in [6, 6.07) is 0. The van der Waals surface area contributed by atoms with Crippen molar-refractivity contribution in [1.82, 2.24) is 0 Å². The van der Waals surface area contributed by atoms with Gasteiger partial charge in [-0.3, -0.25) is 0 Å². The Labute approximate surface area is 119 Å². The zero-order valence-electron chi connectivity index (χ0n) is 11.0. The third-order valence-electron chi connectivity index (χ3n) is 3.00. The third-order valence-corrected chi connectivity index (χ3v) is 3.11. The van der Waals surface area contributed by atoms with Gasteiger partial charge in [0.1, 0.15) is 6.61 Å². The van der Waals surface area contributed by atoms with Gasteiger partial charge in [-0.1, -0.05) is 50.1 Å². The minimum Gasteiger partial charge on any atom is -0.453 e. The summed E-state index contributed by atoms with van der Waals surface area (Å²) < 4.78 is 4.93. The molecule has 0 aromatic rings. The first kappa shape index (κ1) is 15.3. The van der Waals surface area contributed by atoms with Crippen LogP contribution in [0, 0.1) is 5.92 Å². The van der Waals surface area contributed by atoms with Gasteiger partial charge in [0.25, 0.3) is 0 Å². The maximum absolute atomic E-state index is 10.8. The van der Waals surface area contributed by atoms with Crippen LogP contribution in [0.2, 0.25) is 0 Å². The minimum absolute atomic E-state index is 0.0857. The van der Waals surface area contributed by atoms with Crippen molar-refractivity contribution in [1.29, 1.82) is 0 Å². The van der Waals surface area contributed by atoms with Crippen LogP contribution in [-0.2, 0) is 4.74 Å². The quantitative estimate of drug-likeness (QED) is 0.656. The molecule has 0 aliphatic heterocycles. The molecule has 1 aliphatic rings. The Balaban J connectivity index is 3.28. The fourth-order valence-electron chi connectivity index (χ4n) is 2.28. The molecule has 1 unspecified atom stereocenters. The molecule has 0 fully saturated rings. The first-order chi connectivity index (χ1) is 9.10. The maximum atomic E-state index is 10.8. The smallest absolute Gasteiger partial charge is 0.403 e. The first-order valence-corrected chi connectivity index (χ1v) is 6.29. The summed E-state index contributed by atoms with van der Waals surface area (Å²) in [7, 11) is 0. The molecule has 19 heavy (non-hydrogen) atoms. The van der Waals surface area contributed by atoms with E-state index in [1.54, 1.807) is 18.2 Å². The van der Waals surface area contributed by atoms with Crippen molar-refractivity contribution >= 4 is 17.0 Å². The van der Waals surface area contributed by atoms with E-state index in [1.165, 1.54) is 0 Å². The first-order valence-electron chi connectivity index (χ1n) is 5.91. The van der Waals surface area contributed by atoms with Crippen LogP contribution in [0.1, 0.15) is 6.92 Å². The van der Waals surface area contributed by atoms with E-state index in [4.69, 9.17) is 16.3 Å². The Kier molecular flexibility index (Phi) is 5.58. The van der Waals surface area contributed by atoms with Crippen molar-refractivity contribution < 1.29 is 9.53 Å². The fourth-order valence-corrected chi connectivity index (χ4v) is 2.34. The molecule has 1 atom stereocenters. The Morgan fingerprint density at radius 1 is 1.21 bits per heavy atom. The number of hydrogen-bond acceptors (Lipinski definition) is 2. The zero-order chi connectivity index (χ0) is 14.4. The molecule has 1 rings (SSSR count). The molecule has 0 saturated heterocycles. The predicted octanol–water partition coefficient (Wildman–Crippen LogP) is 4.72. The molecule has 0 aromatic heterocycles. The summed E-state index contributed by atoms with van der Waals surface area (Å²) in [6.45, 7) is 13.6. The Bertz CT molecular complexity index is 507. The lowest BCUT2D eigenvalue weighted by atomic mass is 9.95. The predicted molar refractivity (Wildman–Crippen MR) is 80.1 cm³/mol. The van der Waals surface area contributed by atoms with E-state index < -0.39 is 5.43 Å². The molecule has 1 aliphatic carbocycles. The van der Waals surface area contributed by atoms with Crippen LogP contribution in [0.15, 0.2) is 72.4 Å². The van der Waals surface area contributed by atoms with E-state index in [-0.39, 0.29) is 12.5 Å². The molecular formula is C16H17ClO2. The van der Waals surface area contributed by atoms with Crippen LogP contribution >= 0.6 is 11.6 Å². The average Bonchev–Trinajstić information content (AvgIpc) is 2.68. The Morgan fingerprint density at radius 3 is 2.21 bits per heavy atom. The summed E-state index contributed by atoms with van der Waals surface area (Å²) in [6.07, 6.45) is 9.20. The van der Waals surface area contributed by atoms with Crippen LogP contribution in [0.4, 0.5) is 4.79 Å². The van der Waals surface area contributed by atoms with Gasteiger partial charge in [0.05, 0.1) is 0 Å². The second kappa shape index (κ2) is 6.95. The lowest BCUT2D eigenvalue weighted by molar-refractivity contribution is 0.165. The van der Waals surface area contributed by atoms with Crippen molar-refractivity contribution in [2.45, 2.75) is 6.92 Å². The SMILES string of the molecule is C=CC1=C(C=C)C(COC(=O)Cl)C(/C=C\C)=C1C=C. The molecule has 2 nitrogen and oxygen atoms in total. The van der Waals surface area contributed by atoms with Crippen LogP contribution in [0.3, 0.4) is 0 Å². The van der Waals surface area contributed by atoms with Gasteiger partial charge in [0, 0.05) is 17.5 Å².